The number of nitrogens with zero attached hydrogens (tertiary/aromatic N) is 2. The highest BCUT2D eigenvalue weighted by Crippen LogP contribution is 2.39. The van der Waals surface area contributed by atoms with Gasteiger partial charge in [-0.25, -0.2) is 9.59 Å². The van der Waals surface area contributed by atoms with Gasteiger partial charge in [0.05, 0.1) is 18.5 Å². The quantitative estimate of drug-likeness (QED) is 0.213. The van der Waals surface area contributed by atoms with Gasteiger partial charge in [-0.15, -0.1) is 11.3 Å². The Morgan fingerprint density at radius 2 is 1.76 bits per heavy atom. The van der Waals surface area contributed by atoms with Crippen LogP contribution in [-0.2, 0) is 17.8 Å². The second-order valence-electron chi connectivity index (χ2n) is 11.0. The van der Waals surface area contributed by atoms with Gasteiger partial charge in [0.2, 0.25) is 0 Å². The molecule has 0 atom stereocenters. The van der Waals surface area contributed by atoms with Gasteiger partial charge in [-0.2, -0.15) is 0 Å². The van der Waals surface area contributed by atoms with E-state index in [1.165, 1.54) is 4.57 Å². The van der Waals surface area contributed by atoms with Gasteiger partial charge in [0.1, 0.15) is 9.71 Å². The Hall–Kier alpha value is -3.01. The molecule has 0 aliphatic carbocycles. The van der Waals surface area contributed by atoms with E-state index >= 15 is 0 Å². The summed E-state index contributed by atoms with van der Waals surface area (Å²) in [6.07, 6.45) is 1.27. The summed E-state index contributed by atoms with van der Waals surface area (Å²) in [5.74, 6) is -0.487. The van der Waals surface area contributed by atoms with E-state index in [9.17, 15) is 19.2 Å². The molecule has 4 rings (SSSR count). The third-order valence-electron chi connectivity index (χ3n) is 7.75. The van der Waals surface area contributed by atoms with Crippen LogP contribution < -0.4 is 11.2 Å². The Bertz CT molecular complexity index is 1620. The van der Waals surface area contributed by atoms with Crippen LogP contribution in [-0.4, -0.2) is 34.8 Å². The monoisotopic (exact) mass is 552 g/mol. The van der Waals surface area contributed by atoms with Crippen LogP contribution in [0, 0.1) is 6.92 Å². The van der Waals surface area contributed by atoms with Crippen LogP contribution in [0.25, 0.3) is 21.0 Å². The second kappa shape index (κ2) is 10.6. The highest BCUT2D eigenvalue weighted by Gasteiger charge is 2.37. The molecule has 0 saturated heterocycles. The molecular formula is C29H36N2O5SSi. The van der Waals surface area contributed by atoms with Crippen molar-refractivity contribution in [3.05, 3.63) is 79.3 Å². The lowest BCUT2D eigenvalue weighted by molar-refractivity contribution is 0.0531. The zero-order valence-corrected chi connectivity index (χ0v) is 24.8. The summed E-state index contributed by atoms with van der Waals surface area (Å²) in [6, 6.07) is 14.1. The molecule has 0 fully saturated rings. The Labute approximate surface area is 227 Å². The standard InChI is InChI=1S/C29H36N2O5SSi/c1-7-36-27(33)24-19(2)23-25(32)30(16-10-15-29(3,4)38(5,6)35)28(34)31(26(23)37-24)18-20-13-14-21-11-8-9-12-22(21)17-20/h8-9,11-14,17,35H,7,10,15-16,18H2,1-6H3. The van der Waals surface area contributed by atoms with Gasteiger partial charge in [-0.3, -0.25) is 13.9 Å². The summed E-state index contributed by atoms with van der Waals surface area (Å²) >= 11 is 1.14. The van der Waals surface area contributed by atoms with Gasteiger partial charge in [-0.05, 0) is 72.8 Å². The summed E-state index contributed by atoms with van der Waals surface area (Å²) in [4.78, 5) is 51.7. The minimum Gasteiger partial charge on any atom is -0.462 e. The molecule has 0 spiro atoms. The molecule has 9 heteroatoms. The molecule has 2 aromatic carbocycles. The van der Waals surface area contributed by atoms with Crippen LogP contribution in [0.3, 0.4) is 0 Å². The number of rotatable bonds is 9. The van der Waals surface area contributed by atoms with Gasteiger partial charge in [0.15, 0.2) is 8.32 Å². The van der Waals surface area contributed by atoms with E-state index in [2.05, 4.69) is 0 Å². The zero-order valence-electron chi connectivity index (χ0n) is 23.0. The number of hydrogen-bond acceptors (Lipinski definition) is 6. The first-order valence-electron chi connectivity index (χ1n) is 13.0. The summed E-state index contributed by atoms with van der Waals surface area (Å²) < 4.78 is 8.13. The van der Waals surface area contributed by atoms with Crippen LogP contribution in [0.2, 0.25) is 18.1 Å². The van der Waals surface area contributed by atoms with Gasteiger partial charge in [0, 0.05) is 6.54 Å². The molecule has 1 N–H and O–H groups in total. The van der Waals surface area contributed by atoms with Crippen molar-refractivity contribution in [1.82, 2.24) is 9.13 Å². The third-order valence-corrected chi connectivity index (χ3v) is 12.6. The van der Waals surface area contributed by atoms with Gasteiger partial charge < -0.3 is 9.53 Å². The van der Waals surface area contributed by atoms with Crippen LogP contribution in [0.1, 0.15) is 54.4 Å². The van der Waals surface area contributed by atoms with E-state index < -0.39 is 20.0 Å². The topological polar surface area (TPSA) is 90.5 Å². The Morgan fingerprint density at radius 1 is 1.08 bits per heavy atom. The lowest BCUT2D eigenvalue weighted by Gasteiger charge is -2.35. The first-order valence-corrected chi connectivity index (χ1v) is 16.8. The molecule has 0 aliphatic rings. The van der Waals surface area contributed by atoms with Crippen molar-refractivity contribution in [3.63, 3.8) is 0 Å². The van der Waals surface area contributed by atoms with Crippen LogP contribution >= 0.6 is 11.3 Å². The molecule has 0 amide bonds. The van der Waals surface area contributed by atoms with Crippen molar-refractivity contribution >= 4 is 46.6 Å². The number of aromatic nitrogens is 2. The van der Waals surface area contributed by atoms with E-state index in [4.69, 9.17) is 4.74 Å². The number of hydrogen-bond donors (Lipinski definition) is 1. The van der Waals surface area contributed by atoms with Crippen molar-refractivity contribution in [3.8, 4) is 0 Å². The molecule has 0 bridgehead atoms. The smallest absolute Gasteiger partial charge is 0.348 e. The Balaban J connectivity index is 1.84. The fourth-order valence-electron chi connectivity index (χ4n) is 4.63. The maximum Gasteiger partial charge on any atom is 0.348 e. The number of ether oxygens (including phenoxy) is 1. The van der Waals surface area contributed by atoms with Gasteiger partial charge in [0.25, 0.3) is 5.56 Å². The molecule has 7 nitrogen and oxygen atoms in total. The van der Waals surface area contributed by atoms with Gasteiger partial charge in [-0.1, -0.05) is 50.2 Å². The van der Waals surface area contributed by atoms with E-state index in [0.29, 0.717) is 33.5 Å². The fourth-order valence-corrected chi connectivity index (χ4v) is 6.60. The van der Waals surface area contributed by atoms with Crippen molar-refractivity contribution in [1.29, 1.82) is 0 Å². The second-order valence-corrected chi connectivity index (χ2v) is 16.5. The molecule has 0 saturated carbocycles. The minimum absolute atomic E-state index is 0.223. The number of carbonyl (C=O) groups excluding carboxylic acids is 1. The number of aryl methyl sites for hydroxylation is 1. The van der Waals surface area contributed by atoms with Crippen molar-refractivity contribution in [2.24, 2.45) is 0 Å². The molecule has 0 unspecified atom stereocenters. The van der Waals surface area contributed by atoms with Crippen molar-refractivity contribution < 1.29 is 14.3 Å². The van der Waals surface area contributed by atoms with Crippen LogP contribution in [0.15, 0.2) is 52.1 Å². The van der Waals surface area contributed by atoms with Crippen LogP contribution in [0.4, 0.5) is 0 Å². The molecule has 2 heterocycles. The number of carbonyl (C=O) groups is 1. The van der Waals surface area contributed by atoms with Crippen LogP contribution in [0.5, 0.6) is 0 Å². The average Bonchev–Trinajstić information content (AvgIpc) is 3.20. The minimum atomic E-state index is -2.42. The number of thiophene rings is 1. The maximum atomic E-state index is 13.8. The fraction of sp³-hybridized carbons (Fsp3) is 0.414. The lowest BCUT2D eigenvalue weighted by Crippen LogP contribution is -2.41. The van der Waals surface area contributed by atoms with Crippen molar-refractivity contribution in [2.75, 3.05) is 6.61 Å². The summed E-state index contributed by atoms with van der Waals surface area (Å²) in [5.41, 5.74) is 0.682. The molecule has 0 aliphatic heterocycles. The predicted octanol–water partition coefficient (Wildman–Crippen LogP) is 5.67. The number of esters is 1. The third kappa shape index (κ3) is 5.28. The lowest BCUT2D eigenvalue weighted by atomic mass is 10.1. The Morgan fingerprint density at radius 3 is 2.42 bits per heavy atom. The number of benzene rings is 2. The summed E-state index contributed by atoms with van der Waals surface area (Å²) in [5, 5.41) is 2.29. The molecule has 202 valence electrons. The average molecular weight is 553 g/mol. The highest BCUT2D eigenvalue weighted by atomic mass is 32.1. The molecule has 2 aromatic heterocycles. The van der Waals surface area contributed by atoms with E-state index in [1.54, 1.807) is 18.4 Å². The van der Waals surface area contributed by atoms with E-state index in [0.717, 1.165) is 27.7 Å². The summed E-state index contributed by atoms with van der Waals surface area (Å²) in [6.45, 7) is 12.1. The molecule has 0 radical (unpaired) electrons. The number of fused-ring (bicyclic) bond motifs is 2. The first kappa shape index (κ1) is 28.0. The summed E-state index contributed by atoms with van der Waals surface area (Å²) in [7, 11) is -2.42. The van der Waals surface area contributed by atoms with E-state index in [1.807, 2.05) is 69.4 Å². The highest BCUT2D eigenvalue weighted by molar-refractivity contribution is 7.20. The molecule has 4 aromatic rings. The largest absolute Gasteiger partial charge is 0.462 e. The maximum absolute atomic E-state index is 13.8. The SMILES string of the molecule is CCOC(=O)c1sc2c(c1C)c(=O)n(CCCC(C)(C)[Si](C)(C)O)c(=O)n2Cc1ccc2ccccc2c1. The first-order chi connectivity index (χ1) is 17.9. The predicted molar refractivity (Wildman–Crippen MR) is 157 cm³/mol. The molecular weight excluding hydrogens is 516 g/mol. The Kier molecular flexibility index (Phi) is 7.83. The van der Waals surface area contributed by atoms with Crippen molar-refractivity contribution in [2.45, 2.75) is 71.8 Å². The normalized spacial score (nSPS) is 12.4. The van der Waals surface area contributed by atoms with Gasteiger partial charge >= 0.3 is 11.7 Å². The van der Waals surface area contributed by atoms with E-state index in [-0.39, 0.29) is 30.3 Å². The molecule has 38 heavy (non-hydrogen) atoms. The zero-order chi connectivity index (χ0) is 27.8.